The second-order valence-electron chi connectivity index (χ2n) is 5.20. The fourth-order valence-electron chi connectivity index (χ4n) is 2.33. The summed E-state index contributed by atoms with van der Waals surface area (Å²) < 4.78 is 6.53. The molecule has 0 saturated carbocycles. The van der Waals surface area contributed by atoms with Crippen molar-refractivity contribution in [2.24, 2.45) is 0 Å². The Bertz CT molecular complexity index is 684. The highest BCUT2D eigenvalue weighted by Crippen LogP contribution is 2.20. The van der Waals surface area contributed by atoms with Crippen LogP contribution in [0.15, 0.2) is 11.0 Å². The normalized spacial score (nSPS) is 14.1. The van der Waals surface area contributed by atoms with Gasteiger partial charge in [0.1, 0.15) is 12.2 Å². The molecule has 1 aliphatic heterocycles. The fourth-order valence-corrected chi connectivity index (χ4v) is 2.33. The summed E-state index contributed by atoms with van der Waals surface area (Å²) in [6, 6.07) is 0. The summed E-state index contributed by atoms with van der Waals surface area (Å²) in [7, 11) is 1.62. The number of aromatic carboxylic acids is 1. The maximum Gasteiger partial charge on any atom is 0.341 e. The third-order valence-electron chi connectivity index (χ3n) is 3.48. The number of rotatable bonds is 6. The van der Waals surface area contributed by atoms with Crippen LogP contribution in [-0.4, -0.2) is 65.1 Å². The van der Waals surface area contributed by atoms with Crippen molar-refractivity contribution in [3.63, 3.8) is 0 Å². The van der Waals surface area contributed by atoms with Crippen molar-refractivity contribution in [2.75, 3.05) is 38.5 Å². The maximum absolute atomic E-state index is 12.5. The van der Waals surface area contributed by atoms with Gasteiger partial charge in [-0.3, -0.25) is 19.3 Å². The highest BCUT2D eigenvalue weighted by molar-refractivity contribution is 5.97. The number of pyridine rings is 1. The van der Waals surface area contributed by atoms with Crippen LogP contribution in [0, 0.1) is 0 Å². The number of carboxylic acid groups (broad SMARTS) is 1. The van der Waals surface area contributed by atoms with Gasteiger partial charge in [0.05, 0.1) is 6.61 Å². The molecule has 2 rings (SSSR count). The third kappa shape index (κ3) is 3.14. The summed E-state index contributed by atoms with van der Waals surface area (Å²) in [5.41, 5.74) is -1.91. The van der Waals surface area contributed by atoms with Crippen LogP contribution < -0.4 is 10.4 Å². The largest absolute Gasteiger partial charge is 0.502 e. The maximum atomic E-state index is 12.5. The number of carbonyl (C=O) groups is 2. The van der Waals surface area contributed by atoms with Crippen LogP contribution in [0.2, 0.25) is 0 Å². The van der Waals surface area contributed by atoms with E-state index in [2.05, 4.69) is 0 Å². The van der Waals surface area contributed by atoms with Gasteiger partial charge >= 0.3 is 5.97 Å². The molecule has 1 aromatic heterocycles. The molecule has 0 bridgehead atoms. The van der Waals surface area contributed by atoms with E-state index in [4.69, 9.17) is 9.84 Å². The lowest BCUT2D eigenvalue weighted by molar-refractivity contribution is 0.0575. The predicted octanol–water partition coefficient (Wildman–Crippen LogP) is -0.340. The predicted molar refractivity (Wildman–Crippen MR) is 80.5 cm³/mol. The van der Waals surface area contributed by atoms with Crippen LogP contribution in [0.25, 0.3) is 0 Å². The zero-order valence-corrected chi connectivity index (χ0v) is 13.0. The average Bonchev–Trinajstić information content (AvgIpc) is 2.50. The average molecular weight is 325 g/mol. The van der Waals surface area contributed by atoms with E-state index in [1.54, 1.807) is 7.05 Å². The summed E-state index contributed by atoms with van der Waals surface area (Å²) in [5, 5.41) is 20.5. The fraction of sp³-hybridized carbons (Fsp3) is 0.500. The summed E-state index contributed by atoms with van der Waals surface area (Å²) >= 11 is 0. The van der Waals surface area contributed by atoms with Crippen molar-refractivity contribution in [1.29, 1.82) is 0 Å². The van der Waals surface area contributed by atoms with E-state index in [9.17, 15) is 19.5 Å². The van der Waals surface area contributed by atoms with Gasteiger partial charge in [-0.1, -0.05) is 6.92 Å². The number of fused-ring (bicyclic) bond motifs is 1. The zero-order valence-electron chi connectivity index (χ0n) is 13.0. The molecule has 1 amide bonds. The third-order valence-corrected chi connectivity index (χ3v) is 3.48. The van der Waals surface area contributed by atoms with E-state index < -0.39 is 28.6 Å². The van der Waals surface area contributed by atoms with E-state index in [1.165, 1.54) is 14.6 Å². The lowest BCUT2D eigenvalue weighted by Gasteiger charge is -2.37. The minimum absolute atomic E-state index is 0.183. The molecule has 126 valence electrons. The van der Waals surface area contributed by atoms with Crippen LogP contribution in [0.1, 0.15) is 34.2 Å². The van der Waals surface area contributed by atoms with Crippen molar-refractivity contribution in [1.82, 2.24) is 9.58 Å². The smallest absolute Gasteiger partial charge is 0.341 e. The number of amides is 1. The Morgan fingerprint density at radius 1 is 1.35 bits per heavy atom. The molecule has 1 aromatic rings. The number of aromatic hydroxyl groups is 1. The van der Waals surface area contributed by atoms with Gasteiger partial charge in [0.25, 0.3) is 5.91 Å². The first kappa shape index (κ1) is 16.8. The SMILES string of the molecule is CCCOCCN1CN(C)n2cc(C(=O)O)c(=O)c(O)c2C1=O. The Morgan fingerprint density at radius 2 is 2.04 bits per heavy atom. The Labute approximate surface area is 132 Å². The Kier molecular flexibility index (Phi) is 4.89. The Morgan fingerprint density at radius 3 is 2.65 bits per heavy atom. The number of aromatic nitrogens is 1. The molecular formula is C14H19N3O6. The van der Waals surface area contributed by atoms with E-state index in [0.29, 0.717) is 19.8 Å². The molecular weight excluding hydrogens is 306 g/mol. The van der Waals surface area contributed by atoms with Crippen LogP contribution in [0.3, 0.4) is 0 Å². The van der Waals surface area contributed by atoms with Crippen molar-refractivity contribution >= 4 is 11.9 Å². The van der Waals surface area contributed by atoms with E-state index in [-0.39, 0.29) is 12.4 Å². The van der Waals surface area contributed by atoms with E-state index in [0.717, 1.165) is 12.6 Å². The van der Waals surface area contributed by atoms with Crippen LogP contribution >= 0.6 is 0 Å². The van der Waals surface area contributed by atoms with E-state index in [1.807, 2.05) is 6.92 Å². The molecule has 0 aromatic carbocycles. The number of carbonyl (C=O) groups excluding carboxylic acids is 1. The molecule has 2 N–H and O–H groups in total. The minimum atomic E-state index is -1.46. The van der Waals surface area contributed by atoms with Gasteiger partial charge in [-0.15, -0.1) is 0 Å². The van der Waals surface area contributed by atoms with Gasteiger partial charge < -0.3 is 19.8 Å². The molecule has 0 spiro atoms. The molecule has 0 saturated heterocycles. The number of hydrogen-bond acceptors (Lipinski definition) is 6. The van der Waals surface area contributed by atoms with Crippen LogP contribution in [0.4, 0.5) is 0 Å². The first-order valence-electron chi connectivity index (χ1n) is 7.18. The van der Waals surface area contributed by atoms with Gasteiger partial charge in [0.2, 0.25) is 5.43 Å². The quantitative estimate of drug-likeness (QED) is 0.688. The highest BCUT2D eigenvalue weighted by Gasteiger charge is 2.32. The molecule has 0 fully saturated rings. The van der Waals surface area contributed by atoms with Crippen molar-refractivity contribution in [3.05, 3.63) is 27.7 Å². The summed E-state index contributed by atoms with van der Waals surface area (Å²) in [4.78, 5) is 36.8. The lowest BCUT2D eigenvalue weighted by Crippen LogP contribution is -2.53. The monoisotopic (exact) mass is 325 g/mol. The van der Waals surface area contributed by atoms with Crippen LogP contribution in [0.5, 0.6) is 5.75 Å². The zero-order chi connectivity index (χ0) is 17.1. The first-order chi connectivity index (χ1) is 10.9. The minimum Gasteiger partial charge on any atom is -0.502 e. The van der Waals surface area contributed by atoms with Gasteiger partial charge in [0, 0.05) is 26.4 Å². The van der Waals surface area contributed by atoms with Crippen molar-refractivity contribution in [3.8, 4) is 5.75 Å². The molecule has 0 atom stereocenters. The number of ether oxygens (including phenoxy) is 1. The summed E-state index contributed by atoms with van der Waals surface area (Å²) in [5.74, 6) is -2.87. The lowest BCUT2D eigenvalue weighted by atomic mass is 10.2. The molecule has 0 unspecified atom stereocenters. The summed E-state index contributed by atoms with van der Waals surface area (Å²) in [6.07, 6.45) is 1.91. The molecule has 1 aliphatic rings. The molecule has 2 heterocycles. The number of nitrogens with zero attached hydrogens (tertiary/aromatic N) is 3. The number of carboxylic acids is 1. The molecule has 9 heteroatoms. The van der Waals surface area contributed by atoms with Crippen molar-refractivity contribution in [2.45, 2.75) is 13.3 Å². The topological polar surface area (TPSA) is 112 Å². The van der Waals surface area contributed by atoms with E-state index >= 15 is 0 Å². The van der Waals surface area contributed by atoms with Crippen LogP contribution in [-0.2, 0) is 4.74 Å². The molecule has 0 radical (unpaired) electrons. The van der Waals surface area contributed by atoms with Gasteiger partial charge in [-0.25, -0.2) is 4.79 Å². The Balaban J connectivity index is 2.34. The second-order valence-corrected chi connectivity index (χ2v) is 5.20. The Hall–Kier alpha value is -2.55. The first-order valence-corrected chi connectivity index (χ1v) is 7.18. The second kappa shape index (κ2) is 6.69. The number of hydrogen-bond donors (Lipinski definition) is 2. The molecule has 9 nitrogen and oxygen atoms in total. The molecule has 0 aliphatic carbocycles. The van der Waals surface area contributed by atoms with Gasteiger partial charge in [-0.2, -0.15) is 0 Å². The standard InChI is InChI=1S/C14H19N3O6/c1-3-5-23-6-4-16-8-15(2)17-7-9(14(21)22)11(18)12(19)10(17)13(16)20/h7,19H,3-6,8H2,1-2H3,(H,21,22). The highest BCUT2D eigenvalue weighted by atomic mass is 16.5. The summed E-state index contributed by atoms with van der Waals surface area (Å²) in [6.45, 7) is 3.38. The molecule has 23 heavy (non-hydrogen) atoms. The van der Waals surface area contributed by atoms with Gasteiger partial charge in [0.15, 0.2) is 11.4 Å². The van der Waals surface area contributed by atoms with Gasteiger partial charge in [-0.05, 0) is 6.42 Å². The van der Waals surface area contributed by atoms with Crippen molar-refractivity contribution < 1.29 is 24.5 Å².